The zero-order valence-electron chi connectivity index (χ0n) is 19.5. The molecule has 1 spiro atoms. The van der Waals surface area contributed by atoms with E-state index in [0.717, 1.165) is 13.1 Å². The molecule has 5 rings (SSSR count). The van der Waals surface area contributed by atoms with Gasteiger partial charge in [-0.3, -0.25) is 4.79 Å². The minimum absolute atomic E-state index is 0.00504. The monoisotopic (exact) mass is 495 g/mol. The Hall–Kier alpha value is -3.23. The molecule has 1 atom stereocenters. The smallest absolute Gasteiger partial charge is 0.247 e. The molecule has 2 heterocycles. The number of carbonyl (C=O) groups is 1. The third-order valence-corrected chi connectivity index (χ3v) is 7.43. The highest BCUT2D eigenvalue weighted by Crippen LogP contribution is 2.59. The van der Waals surface area contributed by atoms with Crippen LogP contribution in [0.5, 0.6) is 5.75 Å². The van der Waals surface area contributed by atoms with Crippen LogP contribution in [0.15, 0.2) is 49.3 Å². The molecule has 9 heteroatoms. The Balaban J connectivity index is 1.41. The predicted molar refractivity (Wildman–Crippen MR) is 136 cm³/mol. The van der Waals surface area contributed by atoms with Crippen molar-refractivity contribution in [2.75, 3.05) is 37.4 Å². The average Bonchev–Trinajstić information content (AvgIpc) is 3.54. The minimum atomic E-state index is -0.501. The molecular formula is C26H27ClFN5O2. The Labute approximate surface area is 208 Å². The van der Waals surface area contributed by atoms with E-state index in [1.165, 1.54) is 43.8 Å². The van der Waals surface area contributed by atoms with Gasteiger partial charge < -0.3 is 20.3 Å². The maximum Gasteiger partial charge on any atom is 0.247 e. The van der Waals surface area contributed by atoms with Gasteiger partial charge in [0.1, 0.15) is 23.7 Å². The van der Waals surface area contributed by atoms with Gasteiger partial charge in [0, 0.05) is 17.1 Å². The van der Waals surface area contributed by atoms with Crippen molar-refractivity contribution in [3.8, 4) is 5.75 Å². The second-order valence-corrected chi connectivity index (χ2v) is 9.82. The summed E-state index contributed by atoms with van der Waals surface area (Å²) in [6, 6.07) is 7.92. The number of nitrogens with zero attached hydrogens (tertiary/aromatic N) is 3. The van der Waals surface area contributed by atoms with Crippen molar-refractivity contribution in [3.63, 3.8) is 0 Å². The number of anilines is 3. The van der Waals surface area contributed by atoms with E-state index < -0.39 is 5.82 Å². The van der Waals surface area contributed by atoms with E-state index in [0.29, 0.717) is 51.8 Å². The molecule has 7 nitrogen and oxygen atoms in total. The number of nitrogens with one attached hydrogen (secondary N) is 2. The maximum absolute atomic E-state index is 13.6. The van der Waals surface area contributed by atoms with Crippen LogP contribution in [0, 0.1) is 17.2 Å². The molecular weight excluding hydrogens is 469 g/mol. The fourth-order valence-electron chi connectivity index (χ4n) is 4.83. The molecule has 1 aromatic heterocycles. The standard InChI is InChI=1S/C26H27ClFN5O2/c1-3-24(34)32-22-11-18-21(29-15-30-25(18)31-17-4-5-20(28)19(27)10-17)12-23(22)35-14-16-13-26(16)6-8-33(2)9-7-26/h3-5,10-12,15-16H,1,6-9,13-14H2,2H3,(H,32,34)(H,29,30,31). The molecule has 1 amide bonds. The van der Waals surface area contributed by atoms with Gasteiger partial charge in [0.05, 0.1) is 22.8 Å². The molecule has 0 bridgehead atoms. The molecule has 182 valence electrons. The van der Waals surface area contributed by atoms with Crippen molar-refractivity contribution < 1.29 is 13.9 Å². The quantitative estimate of drug-likeness (QED) is 0.427. The topological polar surface area (TPSA) is 79.4 Å². The van der Waals surface area contributed by atoms with Gasteiger partial charge in [-0.1, -0.05) is 18.2 Å². The summed E-state index contributed by atoms with van der Waals surface area (Å²) < 4.78 is 19.8. The maximum atomic E-state index is 13.6. The SMILES string of the molecule is C=CC(=O)Nc1cc2c(Nc3ccc(F)c(Cl)c3)ncnc2cc1OCC1CC12CCN(C)CC2. The number of aromatic nitrogens is 2. The van der Waals surface area contributed by atoms with Crippen molar-refractivity contribution in [3.05, 3.63) is 60.2 Å². The molecule has 2 aromatic carbocycles. The van der Waals surface area contributed by atoms with Crippen molar-refractivity contribution in [2.45, 2.75) is 19.3 Å². The van der Waals surface area contributed by atoms with Crippen LogP contribution >= 0.6 is 11.6 Å². The fraction of sp³-hybridized carbons (Fsp3) is 0.346. The third-order valence-electron chi connectivity index (χ3n) is 7.14. The van der Waals surface area contributed by atoms with Gasteiger partial charge in [0.25, 0.3) is 0 Å². The number of ether oxygens (including phenoxy) is 1. The van der Waals surface area contributed by atoms with Crippen LogP contribution in [0.3, 0.4) is 0 Å². The van der Waals surface area contributed by atoms with E-state index in [1.54, 1.807) is 12.1 Å². The van der Waals surface area contributed by atoms with Crippen LogP contribution < -0.4 is 15.4 Å². The first-order valence-corrected chi connectivity index (χ1v) is 12.0. The summed E-state index contributed by atoms with van der Waals surface area (Å²) >= 11 is 5.92. The predicted octanol–water partition coefficient (Wildman–Crippen LogP) is 5.40. The Morgan fingerprint density at radius 3 is 2.86 bits per heavy atom. The van der Waals surface area contributed by atoms with E-state index >= 15 is 0 Å². The van der Waals surface area contributed by atoms with Gasteiger partial charge in [-0.2, -0.15) is 0 Å². The van der Waals surface area contributed by atoms with Crippen LogP contribution in [0.2, 0.25) is 5.02 Å². The average molecular weight is 496 g/mol. The lowest BCUT2D eigenvalue weighted by atomic mass is 9.91. The lowest BCUT2D eigenvalue weighted by molar-refractivity contribution is -0.111. The van der Waals surface area contributed by atoms with E-state index in [4.69, 9.17) is 16.3 Å². The summed E-state index contributed by atoms with van der Waals surface area (Å²) in [7, 11) is 2.17. The highest BCUT2D eigenvalue weighted by atomic mass is 35.5. The second-order valence-electron chi connectivity index (χ2n) is 9.41. The van der Waals surface area contributed by atoms with Crippen LogP contribution in [0.1, 0.15) is 19.3 Å². The Bertz CT molecular complexity index is 1290. The molecule has 1 unspecified atom stereocenters. The number of benzene rings is 2. The Morgan fingerprint density at radius 1 is 1.31 bits per heavy atom. The first-order valence-electron chi connectivity index (χ1n) is 11.6. The molecule has 2 aliphatic rings. The molecule has 0 radical (unpaired) electrons. The lowest BCUT2D eigenvalue weighted by Gasteiger charge is -2.30. The second kappa shape index (κ2) is 9.43. The number of likely N-dealkylation sites (tertiary alicyclic amines) is 1. The van der Waals surface area contributed by atoms with Crippen molar-refractivity contribution in [1.82, 2.24) is 14.9 Å². The van der Waals surface area contributed by atoms with Gasteiger partial charge in [0.15, 0.2) is 0 Å². The van der Waals surface area contributed by atoms with Gasteiger partial charge in [-0.25, -0.2) is 14.4 Å². The van der Waals surface area contributed by atoms with Gasteiger partial charge in [-0.05, 0) is 81.1 Å². The largest absolute Gasteiger partial charge is 0.491 e. The van der Waals surface area contributed by atoms with Gasteiger partial charge in [-0.15, -0.1) is 0 Å². The highest BCUT2D eigenvalue weighted by molar-refractivity contribution is 6.31. The summed E-state index contributed by atoms with van der Waals surface area (Å²) in [5.41, 5.74) is 2.12. The van der Waals surface area contributed by atoms with Crippen molar-refractivity contribution in [1.29, 1.82) is 0 Å². The zero-order valence-corrected chi connectivity index (χ0v) is 20.2. The lowest BCUT2D eigenvalue weighted by Crippen LogP contribution is -2.32. The number of hydrogen-bond donors (Lipinski definition) is 2. The fourth-order valence-corrected chi connectivity index (χ4v) is 5.01. The first-order chi connectivity index (χ1) is 16.9. The number of halogens is 2. The zero-order chi connectivity index (χ0) is 24.6. The van der Waals surface area contributed by atoms with E-state index in [-0.39, 0.29) is 10.9 Å². The van der Waals surface area contributed by atoms with Crippen LogP contribution in [0.25, 0.3) is 10.9 Å². The molecule has 1 aliphatic heterocycles. The molecule has 1 saturated carbocycles. The molecule has 2 N–H and O–H groups in total. The molecule has 2 fully saturated rings. The van der Waals surface area contributed by atoms with E-state index in [2.05, 4.69) is 39.1 Å². The number of fused-ring (bicyclic) bond motifs is 1. The van der Waals surface area contributed by atoms with Crippen molar-refractivity contribution >= 4 is 45.6 Å². The molecule has 35 heavy (non-hydrogen) atoms. The van der Waals surface area contributed by atoms with Crippen LogP contribution in [-0.2, 0) is 4.79 Å². The normalized spacial score (nSPS) is 18.9. The minimum Gasteiger partial charge on any atom is -0.491 e. The number of hydrogen-bond acceptors (Lipinski definition) is 6. The van der Waals surface area contributed by atoms with E-state index in [1.807, 2.05) is 6.07 Å². The summed E-state index contributed by atoms with van der Waals surface area (Å²) in [6.45, 7) is 6.39. The summed E-state index contributed by atoms with van der Waals surface area (Å²) in [5, 5.41) is 6.66. The first kappa shape index (κ1) is 23.5. The van der Waals surface area contributed by atoms with Gasteiger partial charge in [0.2, 0.25) is 5.91 Å². The summed E-state index contributed by atoms with van der Waals surface area (Å²) in [4.78, 5) is 23.3. The molecule has 1 saturated heterocycles. The molecule has 3 aromatic rings. The number of carbonyl (C=O) groups excluding carboxylic acids is 1. The number of piperidine rings is 1. The summed E-state index contributed by atoms with van der Waals surface area (Å²) in [5.74, 6) is 0.714. The Morgan fingerprint density at radius 2 is 2.11 bits per heavy atom. The van der Waals surface area contributed by atoms with Crippen molar-refractivity contribution in [2.24, 2.45) is 11.3 Å². The number of rotatable bonds is 7. The van der Waals surface area contributed by atoms with Crippen LogP contribution in [-0.4, -0.2) is 47.5 Å². The summed E-state index contributed by atoms with van der Waals surface area (Å²) in [6.07, 6.45) is 6.23. The third kappa shape index (κ3) is 4.94. The van der Waals surface area contributed by atoms with Gasteiger partial charge >= 0.3 is 0 Å². The molecule has 1 aliphatic carbocycles. The Kier molecular flexibility index (Phi) is 6.34. The number of amides is 1. The van der Waals surface area contributed by atoms with Crippen LogP contribution in [0.4, 0.5) is 21.6 Å². The van der Waals surface area contributed by atoms with E-state index in [9.17, 15) is 9.18 Å². The highest BCUT2D eigenvalue weighted by Gasteiger charge is 2.54.